The number of methoxy groups -OCH3 is 4. The van der Waals surface area contributed by atoms with Gasteiger partial charge in [-0.05, 0) is 79.4 Å². The molecule has 1 saturated carbocycles. The molecular formula is C31H34N4O7S. The second-order valence-corrected chi connectivity index (χ2v) is 12.0. The van der Waals surface area contributed by atoms with Gasteiger partial charge in [-0.3, -0.25) is 14.7 Å². The molecule has 0 unspecified atom stereocenters. The van der Waals surface area contributed by atoms with E-state index in [2.05, 4.69) is 5.32 Å². The van der Waals surface area contributed by atoms with E-state index in [1.54, 1.807) is 56.4 Å². The summed E-state index contributed by atoms with van der Waals surface area (Å²) in [7, 11) is 2.25. The second kappa shape index (κ2) is 12.8. The van der Waals surface area contributed by atoms with Gasteiger partial charge in [-0.15, -0.1) is 0 Å². The Morgan fingerprint density at radius 3 is 2.09 bits per heavy atom. The summed E-state index contributed by atoms with van der Waals surface area (Å²) in [6.07, 6.45) is 3.63. The molecular weight excluding hydrogens is 572 g/mol. The summed E-state index contributed by atoms with van der Waals surface area (Å²) in [4.78, 5) is 18.3. The van der Waals surface area contributed by atoms with Crippen molar-refractivity contribution in [2.75, 3.05) is 46.8 Å². The van der Waals surface area contributed by atoms with Gasteiger partial charge >= 0.3 is 0 Å². The van der Waals surface area contributed by atoms with Crippen molar-refractivity contribution in [3.05, 3.63) is 72.9 Å². The van der Waals surface area contributed by atoms with E-state index in [1.807, 2.05) is 30.3 Å². The first-order chi connectivity index (χ1) is 20.7. The number of carbonyl (C=O) groups excluding carboxylic acids is 1. The highest BCUT2D eigenvalue weighted by atomic mass is 32.2. The number of nitrogens with one attached hydrogen (secondary N) is 1. The minimum Gasteiger partial charge on any atom is -0.497 e. The van der Waals surface area contributed by atoms with E-state index in [4.69, 9.17) is 23.9 Å². The molecule has 1 aliphatic rings. The van der Waals surface area contributed by atoms with Crippen molar-refractivity contribution in [3.63, 3.8) is 0 Å². The fraction of sp³-hybridized carbons (Fsp3) is 0.290. The third kappa shape index (κ3) is 6.76. The van der Waals surface area contributed by atoms with Crippen molar-refractivity contribution in [2.24, 2.45) is 5.92 Å². The Morgan fingerprint density at radius 2 is 1.51 bits per heavy atom. The smallest absolute Gasteiger partial charge is 0.243 e. The number of hydrogen-bond donors (Lipinski definition) is 1. The first-order valence-corrected chi connectivity index (χ1v) is 15.1. The molecule has 1 amide bonds. The SMILES string of the molecule is COc1ccc(-c2cn(-c3ccc(OC)c(OC)c3)c(NC(=O)CN(CC3CC3)S(=O)(=O)c3ccc(OC)cc3)n2)cc1. The number of imidazole rings is 1. The predicted molar refractivity (Wildman–Crippen MR) is 162 cm³/mol. The lowest BCUT2D eigenvalue weighted by Gasteiger charge is -2.22. The third-order valence-corrected chi connectivity index (χ3v) is 8.99. The molecule has 0 spiro atoms. The average Bonchev–Trinajstić information content (AvgIpc) is 3.76. The minimum absolute atomic E-state index is 0.0929. The molecule has 3 aromatic carbocycles. The number of hydrogen-bond acceptors (Lipinski definition) is 8. The maximum Gasteiger partial charge on any atom is 0.243 e. The molecule has 1 aromatic heterocycles. The molecule has 12 heteroatoms. The van der Waals surface area contributed by atoms with E-state index in [-0.39, 0.29) is 29.9 Å². The number of rotatable bonds is 13. The Hall–Kier alpha value is -4.55. The van der Waals surface area contributed by atoms with Crippen LogP contribution in [0.2, 0.25) is 0 Å². The molecule has 0 atom stereocenters. The number of aromatic nitrogens is 2. The zero-order valence-corrected chi connectivity index (χ0v) is 25.3. The molecule has 1 aliphatic carbocycles. The monoisotopic (exact) mass is 606 g/mol. The van der Waals surface area contributed by atoms with Crippen LogP contribution in [0, 0.1) is 5.92 Å². The zero-order chi connectivity index (χ0) is 30.6. The maximum atomic E-state index is 13.6. The van der Waals surface area contributed by atoms with Crippen molar-refractivity contribution in [1.82, 2.24) is 13.9 Å². The van der Waals surface area contributed by atoms with Gasteiger partial charge in [-0.2, -0.15) is 4.31 Å². The molecule has 5 rings (SSSR count). The van der Waals surface area contributed by atoms with Crippen LogP contribution < -0.4 is 24.3 Å². The van der Waals surface area contributed by atoms with Crippen molar-refractivity contribution in [3.8, 4) is 39.9 Å². The number of benzene rings is 3. The van der Waals surface area contributed by atoms with E-state index in [9.17, 15) is 13.2 Å². The standard InChI is InChI=1S/C31H34N4O7S/c1-39-24-10-7-22(8-11-24)27-19-35(23-9-16-28(41-3)29(17-23)42-4)31(32-27)33-30(36)20-34(18-21-5-6-21)43(37,38)26-14-12-25(40-2)13-15-26/h7-17,19,21H,5-6,18,20H2,1-4H3,(H,32,33,36). The number of ether oxygens (including phenoxy) is 4. The van der Waals surface area contributed by atoms with Gasteiger partial charge in [0.25, 0.3) is 0 Å². The van der Waals surface area contributed by atoms with Crippen LogP contribution in [0.1, 0.15) is 12.8 Å². The number of amides is 1. The number of sulfonamides is 1. The molecule has 1 fully saturated rings. The topological polar surface area (TPSA) is 121 Å². The molecule has 226 valence electrons. The van der Waals surface area contributed by atoms with Gasteiger partial charge in [-0.25, -0.2) is 13.4 Å². The van der Waals surface area contributed by atoms with Crippen LogP contribution in [0.3, 0.4) is 0 Å². The van der Waals surface area contributed by atoms with Gasteiger partial charge in [0.1, 0.15) is 11.5 Å². The molecule has 0 saturated heterocycles. The van der Waals surface area contributed by atoms with Crippen molar-refractivity contribution in [2.45, 2.75) is 17.7 Å². The molecule has 1 heterocycles. The number of nitrogens with zero attached hydrogens (tertiary/aromatic N) is 3. The summed E-state index contributed by atoms with van der Waals surface area (Å²) in [6, 6.07) is 18.8. The van der Waals surface area contributed by atoms with E-state index in [0.717, 1.165) is 18.4 Å². The summed E-state index contributed by atoms with van der Waals surface area (Å²) in [5.41, 5.74) is 2.04. The first-order valence-electron chi connectivity index (χ1n) is 13.7. The van der Waals surface area contributed by atoms with E-state index in [1.165, 1.54) is 23.5 Å². The van der Waals surface area contributed by atoms with Gasteiger partial charge in [0.2, 0.25) is 21.9 Å². The molecule has 4 aromatic rings. The van der Waals surface area contributed by atoms with Gasteiger partial charge in [0.05, 0.1) is 51.3 Å². The van der Waals surface area contributed by atoms with E-state index in [0.29, 0.717) is 34.4 Å². The zero-order valence-electron chi connectivity index (χ0n) is 24.4. The molecule has 0 bridgehead atoms. The lowest BCUT2D eigenvalue weighted by molar-refractivity contribution is -0.116. The van der Waals surface area contributed by atoms with Crippen LogP contribution in [0.25, 0.3) is 16.9 Å². The Balaban J connectivity index is 1.46. The highest BCUT2D eigenvalue weighted by Crippen LogP contribution is 2.33. The molecule has 1 N–H and O–H groups in total. The van der Waals surface area contributed by atoms with Crippen molar-refractivity contribution >= 4 is 21.9 Å². The lowest BCUT2D eigenvalue weighted by atomic mass is 10.1. The summed E-state index contributed by atoms with van der Waals surface area (Å²) >= 11 is 0. The van der Waals surface area contributed by atoms with Gasteiger partial charge in [0.15, 0.2) is 11.5 Å². The van der Waals surface area contributed by atoms with Crippen LogP contribution in [0.5, 0.6) is 23.0 Å². The fourth-order valence-corrected chi connectivity index (χ4v) is 6.07. The average molecular weight is 607 g/mol. The van der Waals surface area contributed by atoms with Crippen LogP contribution in [0.4, 0.5) is 5.95 Å². The molecule has 11 nitrogen and oxygen atoms in total. The lowest BCUT2D eigenvalue weighted by Crippen LogP contribution is -2.39. The van der Waals surface area contributed by atoms with Gasteiger partial charge < -0.3 is 18.9 Å². The van der Waals surface area contributed by atoms with E-state index < -0.39 is 15.9 Å². The predicted octanol–water partition coefficient (Wildman–Crippen LogP) is 4.61. The van der Waals surface area contributed by atoms with E-state index >= 15 is 0 Å². The fourth-order valence-electron chi connectivity index (χ4n) is 4.60. The van der Waals surface area contributed by atoms with Crippen LogP contribution in [-0.4, -0.2) is 69.7 Å². The number of anilines is 1. The quantitative estimate of drug-likeness (QED) is 0.234. The summed E-state index contributed by atoms with van der Waals surface area (Å²) in [5, 5.41) is 2.84. The van der Waals surface area contributed by atoms with Crippen molar-refractivity contribution in [1.29, 1.82) is 0 Å². The summed E-state index contributed by atoms with van der Waals surface area (Å²) < 4.78 is 51.4. The highest BCUT2D eigenvalue weighted by molar-refractivity contribution is 7.89. The normalized spacial score (nSPS) is 13.0. The molecule has 0 aliphatic heterocycles. The first kappa shape index (κ1) is 29.9. The summed E-state index contributed by atoms with van der Waals surface area (Å²) in [6.45, 7) is -0.121. The van der Waals surface area contributed by atoms with Gasteiger partial charge in [0, 0.05) is 24.4 Å². The Labute approximate surface area is 251 Å². The maximum absolute atomic E-state index is 13.6. The van der Waals surface area contributed by atoms with Crippen LogP contribution in [0.15, 0.2) is 77.8 Å². The summed E-state index contributed by atoms with van der Waals surface area (Å²) in [5.74, 6) is 2.20. The number of carbonyl (C=O) groups is 1. The third-order valence-electron chi connectivity index (χ3n) is 7.16. The van der Waals surface area contributed by atoms with Crippen LogP contribution >= 0.6 is 0 Å². The van der Waals surface area contributed by atoms with Crippen LogP contribution in [-0.2, 0) is 14.8 Å². The molecule has 0 radical (unpaired) electrons. The molecule has 43 heavy (non-hydrogen) atoms. The van der Waals surface area contributed by atoms with Gasteiger partial charge in [-0.1, -0.05) is 0 Å². The van der Waals surface area contributed by atoms with Crippen molar-refractivity contribution < 1.29 is 32.2 Å². The Morgan fingerprint density at radius 1 is 0.884 bits per heavy atom. The minimum atomic E-state index is -3.94. The Bertz CT molecular complexity index is 1680. The second-order valence-electron chi connectivity index (χ2n) is 10.1. The Kier molecular flexibility index (Phi) is 8.88. The highest BCUT2D eigenvalue weighted by Gasteiger charge is 2.33. The largest absolute Gasteiger partial charge is 0.497 e.